The molecule has 4 rings (SSSR count). The molecule has 1 saturated carbocycles. The molecule has 1 N–H and O–H groups in total. The number of hydrogen-bond acceptors (Lipinski definition) is 4. The van der Waals surface area contributed by atoms with E-state index in [9.17, 15) is 9.59 Å². The molecule has 2 amide bonds. The summed E-state index contributed by atoms with van der Waals surface area (Å²) < 4.78 is 0. The Kier molecular flexibility index (Phi) is 4.16. The van der Waals surface area contributed by atoms with Crippen LogP contribution in [-0.2, 0) is 4.79 Å². The van der Waals surface area contributed by atoms with Crippen molar-refractivity contribution in [2.45, 2.75) is 44.2 Å². The van der Waals surface area contributed by atoms with Crippen LogP contribution in [0.3, 0.4) is 0 Å². The highest BCUT2D eigenvalue weighted by atomic mass is 16.2. The number of nitrogens with zero attached hydrogens (tertiary/aromatic N) is 3. The van der Waals surface area contributed by atoms with Crippen LogP contribution in [0.1, 0.15) is 32.1 Å². The zero-order valence-electron chi connectivity index (χ0n) is 14.3. The van der Waals surface area contributed by atoms with Gasteiger partial charge in [-0.05, 0) is 50.4 Å². The molecule has 0 radical (unpaired) electrons. The van der Waals surface area contributed by atoms with Crippen molar-refractivity contribution < 1.29 is 9.59 Å². The molecule has 6 nitrogen and oxygen atoms in total. The van der Waals surface area contributed by atoms with Crippen LogP contribution in [0.2, 0.25) is 0 Å². The molecule has 24 heavy (non-hydrogen) atoms. The van der Waals surface area contributed by atoms with Crippen molar-refractivity contribution in [2.75, 3.05) is 33.2 Å². The van der Waals surface area contributed by atoms with Crippen LogP contribution in [0.5, 0.6) is 0 Å². The van der Waals surface area contributed by atoms with E-state index in [0.29, 0.717) is 25.4 Å². The minimum absolute atomic E-state index is 0.00979. The lowest BCUT2D eigenvalue weighted by Crippen LogP contribution is -2.50. The Morgan fingerprint density at radius 1 is 1.29 bits per heavy atom. The number of urea groups is 1. The number of hydrogen-bond donors (Lipinski definition) is 1. The highest BCUT2D eigenvalue weighted by Crippen LogP contribution is 2.34. The first-order valence-corrected chi connectivity index (χ1v) is 9.14. The van der Waals surface area contributed by atoms with Gasteiger partial charge in [-0.2, -0.15) is 0 Å². The maximum Gasteiger partial charge on any atom is 0.320 e. The number of amides is 2. The van der Waals surface area contributed by atoms with Gasteiger partial charge in [-0.3, -0.25) is 9.79 Å². The van der Waals surface area contributed by atoms with Crippen LogP contribution in [-0.4, -0.2) is 72.6 Å². The monoisotopic (exact) mass is 330 g/mol. The molecule has 3 fully saturated rings. The molecule has 6 heteroatoms. The Bertz CT molecular complexity index is 602. The molecule has 0 aromatic heterocycles. The first kappa shape index (κ1) is 15.8. The van der Waals surface area contributed by atoms with Gasteiger partial charge < -0.3 is 15.1 Å². The summed E-state index contributed by atoms with van der Waals surface area (Å²) in [6, 6.07) is -0.0967. The van der Waals surface area contributed by atoms with E-state index in [4.69, 9.17) is 0 Å². The number of likely N-dealkylation sites (N-methyl/N-ethyl adjacent to an activating group) is 1. The van der Waals surface area contributed by atoms with Gasteiger partial charge in [-0.25, -0.2) is 4.79 Å². The largest absolute Gasteiger partial charge is 0.325 e. The fraction of sp³-hybridized carbons (Fsp3) is 0.722. The SMILES string of the molecule is CN1C[C@H](C(=O)CC2=CC(C3CC3)=NC2)N(C2CCNCC2)C1=O. The van der Waals surface area contributed by atoms with Crippen LogP contribution < -0.4 is 5.32 Å². The van der Waals surface area contributed by atoms with Crippen molar-refractivity contribution in [3.8, 4) is 0 Å². The standard InChI is InChI=1S/C18H26N4O2/c1-21-11-16(22(18(21)24)14-4-6-19-7-5-14)17(23)9-12-8-15(20-10-12)13-2-3-13/h8,13-14,16,19H,2-7,9-11H2,1H3/t16-/m1/s1. The summed E-state index contributed by atoms with van der Waals surface area (Å²) in [5, 5.41) is 3.33. The van der Waals surface area contributed by atoms with Gasteiger partial charge in [0.25, 0.3) is 0 Å². The Balaban J connectivity index is 1.44. The minimum atomic E-state index is -0.295. The quantitative estimate of drug-likeness (QED) is 0.824. The first-order chi connectivity index (χ1) is 11.6. The summed E-state index contributed by atoms with van der Waals surface area (Å²) >= 11 is 0. The third kappa shape index (κ3) is 2.99. The average molecular weight is 330 g/mol. The number of nitrogens with one attached hydrogen (secondary N) is 1. The molecule has 0 unspecified atom stereocenters. The highest BCUT2D eigenvalue weighted by molar-refractivity contribution is 6.02. The van der Waals surface area contributed by atoms with Gasteiger partial charge in [0.2, 0.25) is 0 Å². The smallest absolute Gasteiger partial charge is 0.320 e. The zero-order chi connectivity index (χ0) is 16.7. The molecular weight excluding hydrogens is 304 g/mol. The topological polar surface area (TPSA) is 65.0 Å². The maximum atomic E-state index is 12.9. The minimum Gasteiger partial charge on any atom is -0.325 e. The molecule has 130 valence electrons. The van der Waals surface area contributed by atoms with E-state index >= 15 is 0 Å². The van der Waals surface area contributed by atoms with Crippen molar-refractivity contribution in [1.82, 2.24) is 15.1 Å². The predicted molar refractivity (Wildman–Crippen MR) is 92.3 cm³/mol. The second kappa shape index (κ2) is 6.31. The van der Waals surface area contributed by atoms with E-state index < -0.39 is 0 Å². The van der Waals surface area contributed by atoms with E-state index in [-0.39, 0.29) is 23.9 Å². The number of carbonyl (C=O) groups excluding carboxylic acids is 2. The Hall–Kier alpha value is -1.69. The van der Waals surface area contributed by atoms with Crippen LogP contribution in [0.15, 0.2) is 16.6 Å². The van der Waals surface area contributed by atoms with E-state index in [1.54, 1.807) is 11.9 Å². The molecule has 3 heterocycles. The molecule has 0 aromatic carbocycles. The molecule has 3 aliphatic heterocycles. The number of ketones is 1. The van der Waals surface area contributed by atoms with E-state index in [1.807, 2.05) is 4.90 Å². The van der Waals surface area contributed by atoms with Crippen molar-refractivity contribution >= 4 is 17.5 Å². The summed E-state index contributed by atoms with van der Waals surface area (Å²) in [6.07, 6.45) is 6.91. The summed E-state index contributed by atoms with van der Waals surface area (Å²) in [7, 11) is 1.80. The molecule has 0 bridgehead atoms. The third-order valence-electron chi connectivity index (χ3n) is 5.62. The number of aliphatic imine (C=N–C) groups is 1. The van der Waals surface area contributed by atoms with Gasteiger partial charge in [0.1, 0.15) is 6.04 Å². The number of carbonyl (C=O) groups is 2. The molecule has 1 aliphatic carbocycles. The van der Waals surface area contributed by atoms with E-state index in [0.717, 1.165) is 31.5 Å². The second-order valence-corrected chi connectivity index (χ2v) is 7.53. The maximum absolute atomic E-state index is 12.9. The van der Waals surface area contributed by atoms with Crippen LogP contribution in [0.25, 0.3) is 0 Å². The number of rotatable bonds is 5. The lowest BCUT2D eigenvalue weighted by atomic mass is 9.99. The van der Waals surface area contributed by atoms with E-state index in [1.165, 1.54) is 18.6 Å². The normalized spacial score (nSPS) is 28.4. The highest BCUT2D eigenvalue weighted by Gasteiger charge is 2.43. The molecule has 0 spiro atoms. The molecule has 2 saturated heterocycles. The van der Waals surface area contributed by atoms with Gasteiger partial charge in [-0.15, -0.1) is 0 Å². The summed E-state index contributed by atoms with van der Waals surface area (Å²) in [6.45, 7) is 3.03. The lowest BCUT2D eigenvalue weighted by molar-refractivity contribution is -0.122. The van der Waals surface area contributed by atoms with Crippen molar-refractivity contribution in [3.05, 3.63) is 11.6 Å². The van der Waals surface area contributed by atoms with Crippen LogP contribution >= 0.6 is 0 Å². The number of allylic oxidation sites excluding steroid dienone is 1. The molecule has 4 aliphatic rings. The summed E-state index contributed by atoms with van der Waals surface area (Å²) in [4.78, 5) is 33.6. The molecule has 0 aromatic rings. The fourth-order valence-electron chi connectivity index (χ4n) is 4.08. The van der Waals surface area contributed by atoms with Crippen molar-refractivity contribution in [2.24, 2.45) is 10.9 Å². The van der Waals surface area contributed by atoms with Gasteiger partial charge in [0, 0.05) is 37.7 Å². The van der Waals surface area contributed by atoms with Gasteiger partial charge >= 0.3 is 6.03 Å². The van der Waals surface area contributed by atoms with Crippen LogP contribution in [0, 0.1) is 5.92 Å². The second-order valence-electron chi connectivity index (χ2n) is 7.53. The van der Waals surface area contributed by atoms with E-state index in [2.05, 4.69) is 16.4 Å². The number of piperidine rings is 1. The zero-order valence-corrected chi connectivity index (χ0v) is 14.3. The Morgan fingerprint density at radius 3 is 2.75 bits per heavy atom. The van der Waals surface area contributed by atoms with Gasteiger partial charge in [0.15, 0.2) is 5.78 Å². The third-order valence-corrected chi connectivity index (χ3v) is 5.62. The average Bonchev–Trinajstić information content (AvgIpc) is 3.27. The predicted octanol–water partition coefficient (Wildman–Crippen LogP) is 1.22. The molecule has 1 atom stereocenters. The lowest BCUT2D eigenvalue weighted by Gasteiger charge is -2.34. The van der Waals surface area contributed by atoms with Crippen molar-refractivity contribution in [1.29, 1.82) is 0 Å². The molecular formula is C18H26N4O2. The van der Waals surface area contributed by atoms with Crippen LogP contribution in [0.4, 0.5) is 4.79 Å². The number of Topliss-reactive ketones (excluding diaryl/α,β-unsaturated/α-hetero) is 1. The Morgan fingerprint density at radius 2 is 2.04 bits per heavy atom. The van der Waals surface area contributed by atoms with Gasteiger partial charge in [0.05, 0.1) is 6.54 Å². The van der Waals surface area contributed by atoms with Crippen molar-refractivity contribution in [3.63, 3.8) is 0 Å². The summed E-state index contributed by atoms with van der Waals surface area (Å²) in [5.74, 6) is 0.813. The Labute approximate surface area is 143 Å². The summed E-state index contributed by atoms with van der Waals surface area (Å²) in [5.41, 5.74) is 2.31. The first-order valence-electron chi connectivity index (χ1n) is 9.14. The van der Waals surface area contributed by atoms with Gasteiger partial charge in [-0.1, -0.05) is 0 Å². The fourth-order valence-corrected chi connectivity index (χ4v) is 4.08.